The normalized spacial score (nSPS) is 16.1. The maximum absolute atomic E-state index is 12.3. The molecule has 2 unspecified atom stereocenters. The summed E-state index contributed by atoms with van der Waals surface area (Å²) in [7, 11) is 0. The molecule has 1 saturated heterocycles. The first kappa shape index (κ1) is 34.5. The summed E-state index contributed by atoms with van der Waals surface area (Å²) in [4.78, 5) is 28.8. The smallest absolute Gasteiger partial charge is 0.348 e. The Morgan fingerprint density at radius 2 is 1.10 bits per heavy atom. The lowest BCUT2D eigenvalue weighted by Gasteiger charge is -2.33. The molecule has 1 heterocycles. The van der Waals surface area contributed by atoms with Gasteiger partial charge >= 0.3 is 11.9 Å². The van der Waals surface area contributed by atoms with Gasteiger partial charge in [-0.2, -0.15) is 10.5 Å². The van der Waals surface area contributed by atoms with E-state index >= 15 is 0 Å². The zero-order chi connectivity index (χ0) is 29.6. The van der Waals surface area contributed by atoms with Gasteiger partial charge in [0.15, 0.2) is 0 Å². The second-order valence-corrected chi connectivity index (χ2v) is 10.2. The van der Waals surface area contributed by atoms with Crippen molar-refractivity contribution in [3.8, 4) is 12.1 Å². The zero-order valence-electron chi connectivity index (χ0n) is 24.9. The SMILES string of the molecule is CCCCC(CC)COC(=O)/C(C#N)=C\C=C\N1CCN(/C=C/C=C(/C#N)C(=O)OCC(CC)CCCC)CC1. The standard InChI is InChI=1S/C32H48N4O4/c1-5-9-13-27(7-3)25-39-31(37)29(23-33)15-11-17-35-19-21-36(22-20-35)18-12-16-30(24-34)32(38)40-26-28(8-4)14-10-6-2/h11-12,15-18,27-28H,5-10,13-14,19-22,25-26H2,1-4H3/b17-11+,18-12+,29-15-,30-16-. The molecule has 0 amide bonds. The van der Waals surface area contributed by atoms with Crippen LogP contribution in [0, 0.1) is 34.5 Å². The molecule has 0 N–H and O–H groups in total. The van der Waals surface area contributed by atoms with Crippen LogP contribution in [0.4, 0.5) is 0 Å². The van der Waals surface area contributed by atoms with Crippen molar-refractivity contribution in [2.75, 3.05) is 39.4 Å². The van der Waals surface area contributed by atoms with Crippen LogP contribution in [0.25, 0.3) is 0 Å². The van der Waals surface area contributed by atoms with E-state index in [4.69, 9.17) is 9.47 Å². The van der Waals surface area contributed by atoms with Crippen molar-refractivity contribution in [3.05, 3.63) is 47.9 Å². The number of nitriles is 2. The molecular weight excluding hydrogens is 504 g/mol. The van der Waals surface area contributed by atoms with Gasteiger partial charge in [0.1, 0.15) is 23.3 Å². The fourth-order valence-corrected chi connectivity index (χ4v) is 4.20. The molecule has 1 fully saturated rings. The highest BCUT2D eigenvalue weighted by molar-refractivity contribution is 5.93. The molecule has 8 heteroatoms. The first-order chi connectivity index (χ1) is 19.4. The quantitative estimate of drug-likeness (QED) is 0.0875. The van der Waals surface area contributed by atoms with Crippen LogP contribution in [0.1, 0.15) is 79.1 Å². The van der Waals surface area contributed by atoms with E-state index < -0.39 is 11.9 Å². The molecule has 0 aromatic rings. The van der Waals surface area contributed by atoms with E-state index in [-0.39, 0.29) is 11.1 Å². The molecule has 1 aliphatic rings. The summed E-state index contributed by atoms with van der Waals surface area (Å²) in [6.07, 6.45) is 18.5. The fraction of sp³-hybridized carbons (Fsp3) is 0.625. The van der Waals surface area contributed by atoms with Gasteiger partial charge in [-0.15, -0.1) is 0 Å². The maximum atomic E-state index is 12.3. The number of unbranched alkanes of at least 4 members (excludes halogenated alkanes) is 2. The van der Waals surface area contributed by atoms with Gasteiger partial charge in [0.2, 0.25) is 0 Å². The Morgan fingerprint density at radius 1 is 0.725 bits per heavy atom. The minimum atomic E-state index is -0.576. The Kier molecular flexibility index (Phi) is 18.4. The topological polar surface area (TPSA) is 107 Å². The van der Waals surface area contributed by atoms with Crippen molar-refractivity contribution >= 4 is 11.9 Å². The molecule has 0 aromatic heterocycles. The summed E-state index contributed by atoms with van der Waals surface area (Å²) < 4.78 is 10.8. The summed E-state index contributed by atoms with van der Waals surface area (Å²) in [5.41, 5.74) is -0.0131. The van der Waals surface area contributed by atoms with Crippen molar-refractivity contribution in [2.45, 2.75) is 79.1 Å². The molecule has 1 rings (SSSR count). The number of hydrogen-bond acceptors (Lipinski definition) is 8. The van der Waals surface area contributed by atoms with Crippen LogP contribution in [-0.4, -0.2) is 61.1 Å². The minimum absolute atomic E-state index is 0.00653. The number of carbonyl (C=O) groups is 2. The summed E-state index contributed by atoms with van der Waals surface area (Å²) in [6, 6.07) is 3.88. The number of carbonyl (C=O) groups excluding carboxylic acids is 2. The summed E-state index contributed by atoms with van der Waals surface area (Å²) in [6.45, 7) is 12.2. The second-order valence-electron chi connectivity index (χ2n) is 10.2. The number of allylic oxidation sites excluding steroid dienone is 4. The predicted molar refractivity (Wildman–Crippen MR) is 157 cm³/mol. The van der Waals surface area contributed by atoms with Crippen LogP contribution in [0.15, 0.2) is 47.9 Å². The van der Waals surface area contributed by atoms with Gasteiger partial charge < -0.3 is 19.3 Å². The third-order valence-electron chi connectivity index (χ3n) is 7.14. The molecule has 0 bridgehead atoms. The highest BCUT2D eigenvalue weighted by Crippen LogP contribution is 2.15. The number of piperazine rings is 1. The highest BCUT2D eigenvalue weighted by Gasteiger charge is 2.15. The van der Waals surface area contributed by atoms with Gasteiger partial charge in [-0.3, -0.25) is 0 Å². The number of nitrogens with zero attached hydrogens (tertiary/aromatic N) is 4. The first-order valence-corrected chi connectivity index (χ1v) is 14.8. The van der Waals surface area contributed by atoms with Crippen LogP contribution >= 0.6 is 0 Å². The molecule has 2 atom stereocenters. The lowest BCUT2D eigenvalue weighted by atomic mass is 10.0. The van der Waals surface area contributed by atoms with Crippen molar-refractivity contribution < 1.29 is 19.1 Å². The molecule has 0 spiro atoms. The Bertz CT molecular complexity index is 884. The monoisotopic (exact) mass is 552 g/mol. The molecule has 220 valence electrons. The first-order valence-electron chi connectivity index (χ1n) is 14.8. The van der Waals surface area contributed by atoms with Crippen LogP contribution in [0.5, 0.6) is 0 Å². The summed E-state index contributed by atoms with van der Waals surface area (Å²) >= 11 is 0. The molecular formula is C32H48N4O4. The summed E-state index contributed by atoms with van der Waals surface area (Å²) in [5.74, 6) is -0.497. The van der Waals surface area contributed by atoms with Crippen molar-refractivity contribution in [1.82, 2.24) is 9.80 Å². The molecule has 0 aromatic carbocycles. The van der Waals surface area contributed by atoms with E-state index in [0.29, 0.717) is 25.0 Å². The Morgan fingerprint density at radius 3 is 1.40 bits per heavy atom. The van der Waals surface area contributed by atoms with Crippen LogP contribution in [0.3, 0.4) is 0 Å². The lowest BCUT2D eigenvalue weighted by Crippen LogP contribution is -2.41. The highest BCUT2D eigenvalue weighted by atomic mass is 16.5. The average molecular weight is 553 g/mol. The Balaban J connectivity index is 2.52. The number of ether oxygens (including phenoxy) is 2. The third-order valence-corrected chi connectivity index (χ3v) is 7.14. The van der Waals surface area contributed by atoms with Gasteiger partial charge in [-0.1, -0.05) is 66.2 Å². The molecule has 8 nitrogen and oxygen atoms in total. The Labute approximate surface area is 241 Å². The summed E-state index contributed by atoms with van der Waals surface area (Å²) in [5, 5.41) is 18.7. The second kappa shape index (κ2) is 21.3. The number of rotatable bonds is 18. The van der Waals surface area contributed by atoms with E-state index in [2.05, 4.69) is 37.5 Å². The largest absolute Gasteiger partial charge is 0.461 e. The van der Waals surface area contributed by atoms with Gasteiger partial charge in [0, 0.05) is 26.2 Å². The predicted octanol–water partition coefficient (Wildman–Crippen LogP) is 6.05. The molecule has 0 aliphatic carbocycles. The molecule has 1 aliphatic heterocycles. The number of hydrogen-bond donors (Lipinski definition) is 0. The Hall–Kier alpha value is -3.52. The van der Waals surface area contributed by atoms with Crippen LogP contribution in [0.2, 0.25) is 0 Å². The van der Waals surface area contributed by atoms with E-state index in [0.717, 1.165) is 77.5 Å². The van der Waals surface area contributed by atoms with E-state index in [1.54, 1.807) is 12.2 Å². The average Bonchev–Trinajstić information content (AvgIpc) is 2.98. The minimum Gasteiger partial charge on any atom is -0.461 e. The molecule has 0 radical (unpaired) electrons. The van der Waals surface area contributed by atoms with E-state index in [1.807, 2.05) is 24.5 Å². The third kappa shape index (κ3) is 14.0. The fourth-order valence-electron chi connectivity index (χ4n) is 4.20. The van der Waals surface area contributed by atoms with Crippen LogP contribution in [-0.2, 0) is 19.1 Å². The van der Waals surface area contributed by atoms with Crippen molar-refractivity contribution in [2.24, 2.45) is 11.8 Å². The maximum Gasteiger partial charge on any atom is 0.348 e. The van der Waals surface area contributed by atoms with Crippen LogP contribution < -0.4 is 0 Å². The lowest BCUT2D eigenvalue weighted by molar-refractivity contribution is -0.140. The van der Waals surface area contributed by atoms with Gasteiger partial charge in [-0.25, -0.2) is 9.59 Å². The van der Waals surface area contributed by atoms with E-state index in [1.165, 1.54) is 12.2 Å². The molecule has 0 saturated carbocycles. The van der Waals surface area contributed by atoms with Gasteiger partial charge in [0.25, 0.3) is 0 Å². The van der Waals surface area contributed by atoms with Crippen molar-refractivity contribution in [1.29, 1.82) is 10.5 Å². The van der Waals surface area contributed by atoms with Gasteiger partial charge in [-0.05, 0) is 61.4 Å². The van der Waals surface area contributed by atoms with Gasteiger partial charge in [0.05, 0.1) is 13.2 Å². The number of esters is 2. The van der Waals surface area contributed by atoms with E-state index in [9.17, 15) is 20.1 Å². The molecule has 40 heavy (non-hydrogen) atoms. The van der Waals surface area contributed by atoms with Crippen molar-refractivity contribution in [3.63, 3.8) is 0 Å². The zero-order valence-corrected chi connectivity index (χ0v) is 24.9.